The van der Waals surface area contributed by atoms with E-state index in [2.05, 4.69) is 21.9 Å². The van der Waals surface area contributed by atoms with Gasteiger partial charge in [0, 0.05) is 93.8 Å². The van der Waals surface area contributed by atoms with Crippen molar-refractivity contribution in [3.63, 3.8) is 0 Å². The molecule has 4 aliphatic carbocycles. The summed E-state index contributed by atoms with van der Waals surface area (Å²) in [4.78, 5) is 193. The number of nitrogens with one attached hydrogen (secondary N) is 3. The zero-order valence-electron chi connectivity index (χ0n) is 64.5. The summed E-state index contributed by atoms with van der Waals surface area (Å²) in [5, 5.41) is 8.14. The highest BCUT2D eigenvalue weighted by Gasteiger charge is 2.59. The van der Waals surface area contributed by atoms with Crippen LogP contribution in [0.5, 0.6) is 0 Å². The van der Waals surface area contributed by atoms with Gasteiger partial charge in [0.05, 0.1) is 36.9 Å². The highest BCUT2D eigenvalue weighted by molar-refractivity contribution is 6.30. The van der Waals surface area contributed by atoms with Crippen LogP contribution in [-0.4, -0.2) is 281 Å². The lowest BCUT2D eigenvalue weighted by Crippen LogP contribution is -2.71. The predicted molar refractivity (Wildman–Crippen MR) is 393 cm³/mol. The summed E-state index contributed by atoms with van der Waals surface area (Å²) >= 11 is 13.3. The lowest BCUT2D eigenvalue weighted by atomic mass is 9.58. The van der Waals surface area contributed by atoms with Gasteiger partial charge in [-0.15, -0.1) is 35.5 Å². The number of likely N-dealkylation sites (N-methyl/N-ethyl adjacent to an activating group) is 7. The third-order valence-electron chi connectivity index (χ3n) is 23.8. The highest BCUT2D eigenvalue weighted by atomic mass is 35.5. The van der Waals surface area contributed by atoms with E-state index in [0.29, 0.717) is 44.9 Å². The van der Waals surface area contributed by atoms with E-state index in [9.17, 15) is 41.9 Å². The van der Waals surface area contributed by atoms with Crippen molar-refractivity contribution in [2.75, 3.05) is 88.7 Å². The second-order valence-electron chi connectivity index (χ2n) is 32.0. The molecule has 106 heavy (non-hydrogen) atoms. The number of carbonyl (C=O) groups excluding carboxylic acids is 12. The molecule has 3 unspecified atom stereocenters. The Morgan fingerprint density at radius 3 is 1.94 bits per heavy atom. The van der Waals surface area contributed by atoms with Crippen molar-refractivity contribution in [3.8, 4) is 12.3 Å². The predicted octanol–water partition coefficient (Wildman–Crippen LogP) is 6.10. The van der Waals surface area contributed by atoms with Crippen molar-refractivity contribution < 1.29 is 75.4 Å². The van der Waals surface area contributed by atoms with Gasteiger partial charge in [-0.3, -0.25) is 57.5 Å². The van der Waals surface area contributed by atoms with Gasteiger partial charge in [0.2, 0.25) is 70.9 Å². The Morgan fingerprint density at radius 2 is 1.35 bits per heavy atom. The van der Waals surface area contributed by atoms with Gasteiger partial charge in [0.25, 0.3) is 0 Å². The molecule has 13 atom stereocenters. The molecule has 12 amide bonds. The fourth-order valence-corrected chi connectivity index (χ4v) is 17.8. The molecule has 6 fully saturated rings. The molecule has 0 aromatic rings. The van der Waals surface area contributed by atoms with Crippen molar-refractivity contribution in [1.29, 1.82) is 0 Å². The summed E-state index contributed by atoms with van der Waals surface area (Å²) in [6, 6.07) is -10.7. The molecule has 594 valence electrons. The van der Waals surface area contributed by atoms with E-state index in [0.717, 1.165) is 32.4 Å². The van der Waals surface area contributed by atoms with E-state index in [1.165, 1.54) is 73.8 Å². The minimum atomic E-state index is -4.45. The summed E-state index contributed by atoms with van der Waals surface area (Å²) in [5.41, 5.74) is -2.15. The maximum Gasteiger partial charge on any atom is 0.391 e. The normalized spacial score (nSPS) is 31.8. The number of amides is 12. The molecule has 0 radical (unpaired) electrons. The van der Waals surface area contributed by atoms with Gasteiger partial charge in [-0.05, 0) is 146 Å². The van der Waals surface area contributed by atoms with E-state index in [4.69, 9.17) is 34.4 Å². The van der Waals surface area contributed by atoms with Gasteiger partial charge in [-0.2, -0.15) is 13.2 Å². The second-order valence-corrected chi connectivity index (χ2v) is 33.1. The molecule has 25 nitrogen and oxygen atoms in total. The van der Waals surface area contributed by atoms with Gasteiger partial charge in [-0.1, -0.05) is 59.1 Å². The van der Waals surface area contributed by atoms with E-state index in [1.54, 1.807) is 39.8 Å². The Kier molecular flexibility index (Phi) is 30.7. The lowest BCUT2D eigenvalue weighted by molar-refractivity contribution is -0.184. The molecule has 7 rings (SSSR count). The average Bonchev–Trinajstić information content (AvgIpc) is 0.962. The summed E-state index contributed by atoms with van der Waals surface area (Å²) in [5.74, 6) is -9.15. The average molecular weight is 1530 g/mol. The van der Waals surface area contributed by atoms with E-state index in [-0.39, 0.29) is 120 Å². The number of terminal acetylenes is 1. The molecule has 4 saturated carbocycles. The van der Waals surface area contributed by atoms with Gasteiger partial charge in [0.1, 0.15) is 53.9 Å². The Bertz CT molecular complexity index is 3240. The van der Waals surface area contributed by atoms with Crippen LogP contribution in [0.2, 0.25) is 0 Å². The van der Waals surface area contributed by atoms with Crippen LogP contribution in [0.4, 0.5) is 13.2 Å². The Morgan fingerprint density at radius 1 is 0.708 bits per heavy atom. The maximum absolute atomic E-state index is 15.8. The Balaban J connectivity index is 1.33. The number of rotatable bonds is 13. The molecule has 2 bridgehead atoms. The number of hydrogen-bond donors (Lipinski definition) is 3. The maximum atomic E-state index is 15.8. The van der Waals surface area contributed by atoms with E-state index < -0.39 is 186 Å². The fraction of sp³-hybridized carbons (Fsp3) is 0.789. The quantitative estimate of drug-likeness (QED) is 0.107. The van der Waals surface area contributed by atoms with Crippen molar-refractivity contribution >= 4 is 94.1 Å². The van der Waals surface area contributed by atoms with Crippen molar-refractivity contribution in [2.24, 2.45) is 35.0 Å². The van der Waals surface area contributed by atoms with Crippen LogP contribution in [0.15, 0.2) is 12.2 Å². The molecular formula is C76H117Cl2F3N12O13. The van der Waals surface area contributed by atoms with Gasteiger partial charge < -0.3 is 64.8 Å². The van der Waals surface area contributed by atoms with E-state index in [1.807, 2.05) is 13.8 Å². The molecule has 3 heterocycles. The molecule has 2 saturated heterocycles. The first kappa shape index (κ1) is 86.5. The van der Waals surface area contributed by atoms with Crippen LogP contribution in [0, 0.1) is 47.3 Å². The van der Waals surface area contributed by atoms with Gasteiger partial charge in [-0.25, -0.2) is 0 Å². The number of fused-ring (bicyclic) bond motifs is 3. The fourth-order valence-electron chi connectivity index (χ4n) is 17.2. The van der Waals surface area contributed by atoms with Crippen LogP contribution < -0.4 is 16.0 Å². The number of carbonyl (C=O) groups is 12. The summed E-state index contributed by atoms with van der Waals surface area (Å²) in [7, 11) is 9.77. The van der Waals surface area contributed by atoms with Crippen LogP contribution in [0.3, 0.4) is 0 Å². The Hall–Kier alpha value is -6.73. The van der Waals surface area contributed by atoms with Crippen LogP contribution >= 0.6 is 23.2 Å². The third-order valence-corrected chi connectivity index (χ3v) is 24.9. The molecule has 3 aliphatic heterocycles. The first-order valence-corrected chi connectivity index (χ1v) is 39.1. The largest absolute Gasteiger partial charge is 0.391 e. The molecule has 3 N–H and O–H groups in total. The van der Waals surface area contributed by atoms with Crippen LogP contribution in [0.1, 0.15) is 183 Å². The van der Waals surface area contributed by atoms with Crippen LogP contribution in [0.25, 0.3) is 0 Å². The molecule has 1 spiro atoms. The number of alkyl halides is 5. The smallest absolute Gasteiger partial charge is 0.377 e. The summed E-state index contributed by atoms with van der Waals surface area (Å²) < 4.78 is 48.6. The van der Waals surface area contributed by atoms with Crippen LogP contribution in [-0.2, 0) is 62.3 Å². The number of halogens is 5. The summed E-state index contributed by atoms with van der Waals surface area (Å²) in [6.07, 6.45) is 8.27. The first-order chi connectivity index (χ1) is 49.8. The topological polar surface area (TPSA) is 279 Å². The minimum absolute atomic E-state index is 0.0114. The first-order valence-electron chi connectivity index (χ1n) is 38.2. The molecule has 0 aromatic carbocycles. The summed E-state index contributed by atoms with van der Waals surface area (Å²) in [6.45, 7) is 9.74. The second kappa shape index (κ2) is 37.6. The van der Waals surface area contributed by atoms with Gasteiger partial charge in [0.15, 0.2) is 0 Å². The molecular weight excluding hydrogens is 1420 g/mol. The van der Waals surface area contributed by atoms with Crippen molar-refractivity contribution in [1.82, 2.24) is 60.0 Å². The SMILES string of the molecule is C#CC[C@H]1C(=O)N[C@@H]([C@@H](C)CC)C(=O)N(C)CC(=O)N(C)[C@H]2C/C=C\CCN(C2=O)[C@@H](CC2CCC(C(F)(F)F)CC2)C(=O)N(C)CC(=O)N[C@@H](CCC2CCC(Cl)C(Cl)C2)C(=O)N2C[C@H](OCC)C[C@H]2C(=O)NC2(CC(C)(C)C2)C(=O)N(C)[C@@H](C2CCCC2)C(=O)N(C)[C@H](C(=O)N(C)CC)CC(=O)N1C. The number of hydrogen-bond acceptors (Lipinski definition) is 13. The van der Waals surface area contributed by atoms with E-state index >= 15 is 28.8 Å². The zero-order chi connectivity index (χ0) is 78.6. The van der Waals surface area contributed by atoms with Gasteiger partial charge >= 0.3 is 6.18 Å². The zero-order valence-corrected chi connectivity index (χ0v) is 66.0. The van der Waals surface area contributed by atoms with Crippen molar-refractivity contribution in [2.45, 2.75) is 260 Å². The number of nitrogens with zero attached hydrogens (tertiary/aromatic N) is 9. The molecule has 0 aromatic heterocycles. The lowest BCUT2D eigenvalue weighted by Gasteiger charge is -2.54. The minimum Gasteiger partial charge on any atom is -0.377 e. The number of ether oxygens (including phenoxy) is 1. The molecule has 30 heteroatoms. The standard InChI is InChI=1S/C76H117Cl2F3N12O13/c1-15-24-55-65(97)83-63(46(5)16-2)71(103)87(10)43-62(96)89(12)56-27-20-19-23-36-92(70(56)102)59(38-48-28-32-50(33-29-48)76(79,80)81)69(101)86(9)42-60(94)82-54(35-31-47-30-34-52(77)53(78)37-47)67(99)93-41-51(106-18-4)39-57(93)66(98)84-75(44-74(6,7)45-75)73(105)91(14)64(49-25-21-22-26-49)72(104)90(13)58(40-61(95)88(55)11)68(100)85(8)17-3/h1,19-20,46-59,63-64H,16-18,21-45H2,2-14H3,(H,82,94)(H,83,97)(H,84,98)/b20-19-/t46-,47?,48?,50?,51+,52?,53?,54-,55-,56-,57-,58-,59-,63-,64-/m0/s1. The Labute approximate surface area is 634 Å². The van der Waals surface area contributed by atoms with Crippen molar-refractivity contribution in [3.05, 3.63) is 12.2 Å². The monoisotopic (exact) mass is 1530 g/mol. The third kappa shape index (κ3) is 21.0. The highest BCUT2D eigenvalue weighted by Crippen LogP contribution is 2.50. The molecule has 7 aliphatic rings.